The number of carbonyl (C=O) groups excluding carboxylic acids is 3. The average molecular weight is 734 g/mol. The molecular formula is C22H24Cl2N6O6Pt. The molecule has 6 N–H and O–H groups in total. The number of hydrazine groups is 1. The predicted octanol–water partition coefficient (Wildman–Crippen LogP) is -5.62. The van der Waals surface area contributed by atoms with E-state index in [4.69, 9.17) is 10.2 Å². The number of nitro groups is 1. The van der Waals surface area contributed by atoms with Crippen LogP contribution in [-0.4, -0.2) is 48.3 Å². The molecule has 1 unspecified atom stereocenters. The van der Waals surface area contributed by atoms with Crippen LogP contribution in [0.1, 0.15) is 16.1 Å². The van der Waals surface area contributed by atoms with E-state index in [0.29, 0.717) is 13.1 Å². The van der Waals surface area contributed by atoms with Crippen LogP contribution >= 0.6 is 0 Å². The van der Waals surface area contributed by atoms with Gasteiger partial charge in [-0.1, -0.05) is 42.5 Å². The van der Waals surface area contributed by atoms with E-state index >= 15 is 0 Å². The Kier molecular flexibility index (Phi) is 15.3. The summed E-state index contributed by atoms with van der Waals surface area (Å²) in [5, 5.41) is 18.1. The Balaban J connectivity index is 0.00000432. The van der Waals surface area contributed by atoms with Gasteiger partial charge < -0.3 is 45.6 Å². The van der Waals surface area contributed by atoms with Crippen molar-refractivity contribution in [3.05, 3.63) is 76.0 Å². The minimum absolute atomic E-state index is 0. The molecule has 15 heteroatoms. The molecule has 0 spiro atoms. The maximum atomic E-state index is 12.9. The van der Waals surface area contributed by atoms with Gasteiger partial charge in [-0.05, 0) is 22.4 Å². The molecular weight excluding hydrogens is 710 g/mol. The van der Waals surface area contributed by atoms with Gasteiger partial charge in [-0.25, -0.2) is 0 Å². The molecule has 0 aliphatic heterocycles. The van der Waals surface area contributed by atoms with Crippen molar-refractivity contribution < 1.29 is 69.6 Å². The van der Waals surface area contributed by atoms with Crippen molar-refractivity contribution in [3.63, 3.8) is 0 Å². The Bertz CT molecular complexity index is 1210. The van der Waals surface area contributed by atoms with Crippen molar-refractivity contribution in [2.75, 3.05) is 19.6 Å². The molecule has 12 nitrogen and oxygen atoms in total. The number of hydrogen-bond acceptors (Lipinski definition) is 8. The van der Waals surface area contributed by atoms with Crippen LogP contribution in [0.3, 0.4) is 0 Å². The number of fused-ring (bicyclic) bond motifs is 1. The molecule has 0 aliphatic carbocycles. The summed E-state index contributed by atoms with van der Waals surface area (Å²) in [5.41, 5.74) is 10.6. The third-order valence-corrected chi connectivity index (χ3v) is 4.86. The molecule has 3 amide bonds. The van der Waals surface area contributed by atoms with Gasteiger partial charge in [0.1, 0.15) is 11.0 Å². The van der Waals surface area contributed by atoms with Gasteiger partial charge in [0, 0.05) is 19.5 Å². The van der Waals surface area contributed by atoms with Gasteiger partial charge in [-0.3, -0.25) is 35.3 Å². The first-order chi connectivity index (χ1) is 16.4. The molecule has 37 heavy (non-hydrogen) atoms. The molecule has 0 fully saturated rings. The SMILES string of the molecule is NCCNCC(=O)NC(Cc1cccc2ccccc12)C(=O)NNC(=O)c1ccc([N+](=O)[O-])o1.[Cl-].[Cl-].[Pt+2]. The van der Waals surface area contributed by atoms with Gasteiger partial charge in [0.2, 0.25) is 11.7 Å². The number of hydrogen-bond donors (Lipinski definition) is 5. The molecule has 0 saturated carbocycles. The van der Waals surface area contributed by atoms with Gasteiger partial charge in [0.25, 0.3) is 5.91 Å². The fraction of sp³-hybridized carbons (Fsp3) is 0.227. The van der Waals surface area contributed by atoms with E-state index in [1.165, 1.54) is 0 Å². The van der Waals surface area contributed by atoms with Crippen LogP contribution in [0.4, 0.5) is 5.88 Å². The van der Waals surface area contributed by atoms with E-state index < -0.39 is 34.6 Å². The number of nitrogens with one attached hydrogen (secondary N) is 4. The number of nitrogens with zero attached hydrogens (tertiary/aromatic N) is 1. The first-order valence-electron chi connectivity index (χ1n) is 10.4. The Labute approximate surface area is 238 Å². The monoisotopic (exact) mass is 733 g/mol. The average Bonchev–Trinajstić information content (AvgIpc) is 3.33. The van der Waals surface area contributed by atoms with Crippen molar-refractivity contribution in [1.29, 1.82) is 0 Å². The maximum absolute atomic E-state index is 12.9. The van der Waals surface area contributed by atoms with Crippen molar-refractivity contribution in [1.82, 2.24) is 21.5 Å². The fourth-order valence-electron chi connectivity index (χ4n) is 3.26. The summed E-state index contributed by atoms with van der Waals surface area (Å²) in [6.45, 7) is 0.738. The number of rotatable bonds is 10. The van der Waals surface area contributed by atoms with Gasteiger partial charge in [-0.2, -0.15) is 0 Å². The molecule has 2 aromatic carbocycles. The molecule has 1 heterocycles. The minimum atomic E-state index is -1.02. The minimum Gasteiger partial charge on any atom is -1.00 e. The number of nitrogens with two attached hydrogens (primary N) is 1. The number of carbonyl (C=O) groups is 3. The summed E-state index contributed by atoms with van der Waals surface area (Å²) >= 11 is 0. The van der Waals surface area contributed by atoms with Crippen LogP contribution in [0.15, 0.2) is 59.0 Å². The van der Waals surface area contributed by atoms with E-state index in [9.17, 15) is 24.5 Å². The number of benzene rings is 2. The van der Waals surface area contributed by atoms with E-state index in [1.54, 1.807) is 0 Å². The topological polar surface area (TPSA) is 182 Å². The Morgan fingerprint density at radius 1 is 1.00 bits per heavy atom. The van der Waals surface area contributed by atoms with E-state index in [0.717, 1.165) is 28.5 Å². The Morgan fingerprint density at radius 2 is 1.70 bits per heavy atom. The third kappa shape index (κ3) is 9.75. The summed E-state index contributed by atoms with van der Waals surface area (Å²) in [6, 6.07) is 14.4. The third-order valence-electron chi connectivity index (χ3n) is 4.86. The zero-order chi connectivity index (χ0) is 24.5. The first-order valence-corrected chi connectivity index (χ1v) is 10.4. The van der Waals surface area contributed by atoms with Crippen LogP contribution in [-0.2, 0) is 37.1 Å². The van der Waals surface area contributed by atoms with Crippen LogP contribution in [0.25, 0.3) is 10.8 Å². The molecule has 1 atom stereocenters. The maximum Gasteiger partial charge on any atom is 2.00 e. The van der Waals surface area contributed by atoms with Crippen LogP contribution in [0, 0.1) is 10.1 Å². The standard InChI is InChI=1S/C22H24N6O6.2ClH.Pt/c23-10-11-24-13-19(29)25-17(12-15-6-3-5-14-4-1-2-7-16(14)15)21(30)26-27-22(31)18-8-9-20(34-18)28(32)33;;;/h1-9,17,24H,10-13,23H2,(H,25,29)(H,26,30)(H,27,31);2*1H;/q;;;+2/p-2. The van der Waals surface area contributed by atoms with Crippen LogP contribution in [0.5, 0.6) is 0 Å². The largest absolute Gasteiger partial charge is 2.00 e. The van der Waals surface area contributed by atoms with Gasteiger partial charge in [0.15, 0.2) is 0 Å². The smallest absolute Gasteiger partial charge is 1.00 e. The van der Waals surface area contributed by atoms with Crippen molar-refractivity contribution in [2.45, 2.75) is 12.5 Å². The number of furan rings is 1. The number of amides is 3. The first kappa shape index (κ1) is 34.0. The Morgan fingerprint density at radius 3 is 2.38 bits per heavy atom. The summed E-state index contributed by atoms with van der Waals surface area (Å²) in [7, 11) is 0. The molecule has 0 aliphatic rings. The molecule has 0 radical (unpaired) electrons. The molecule has 0 saturated heterocycles. The fourth-order valence-corrected chi connectivity index (χ4v) is 3.26. The van der Waals surface area contributed by atoms with Crippen LogP contribution < -0.4 is 52.0 Å². The molecule has 3 rings (SSSR count). The molecule has 202 valence electrons. The number of halogens is 2. The summed E-state index contributed by atoms with van der Waals surface area (Å²) in [6.07, 6.45) is 0.151. The van der Waals surface area contributed by atoms with E-state index in [2.05, 4.69) is 21.5 Å². The predicted molar refractivity (Wildman–Crippen MR) is 122 cm³/mol. The second-order valence-corrected chi connectivity index (χ2v) is 7.27. The zero-order valence-corrected chi connectivity index (χ0v) is 22.9. The van der Waals surface area contributed by atoms with Crippen LogP contribution in [0.2, 0.25) is 0 Å². The molecule has 0 bridgehead atoms. The summed E-state index contributed by atoms with van der Waals surface area (Å²) in [5.74, 6) is -2.96. The van der Waals surface area contributed by atoms with Gasteiger partial charge in [-0.15, -0.1) is 0 Å². The molecule has 3 aromatic rings. The second kappa shape index (κ2) is 16.7. The van der Waals surface area contributed by atoms with Gasteiger partial charge in [0.05, 0.1) is 12.6 Å². The van der Waals surface area contributed by atoms with E-state index in [-0.39, 0.29) is 64.6 Å². The van der Waals surface area contributed by atoms with Gasteiger partial charge >= 0.3 is 32.9 Å². The zero-order valence-electron chi connectivity index (χ0n) is 19.1. The summed E-state index contributed by atoms with van der Waals surface area (Å²) in [4.78, 5) is 47.3. The quantitative estimate of drug-likeness (QED) is 0.0777. The van der Waals surface area contributed by atoms with Crippen molar-refractivity contribution in [3.8, 4) is 0 Å². The summed E-state index contributed by atoms with van der Waals surface area (Å²) < 4.78 is 4.81. The van der Waals surface area contributed by atoms with Crippen molar-refractivity contribution >= 4 is 34.4 Å². The Hall–Kier alpha value is -3.02. The second-order valence-electron chi connectivity index (χ2n) is 7.27. The molecule has 1 aromatic heterocycles. The van der Waals surface area contributed by atoms with Crippen molar-refractivity contribution in [2.24, 2.45) is 5.73 Å². The van der Waals surface area contributed by atoms with E-state index in [1.807, 2.05) is 42.5 Å². The normalized spacial score (nSPS) is 10.6.